The average Bonchev–Trinajstić information content (AvgIpc) is 3.04. The van der Waals surface area contributed by atoms with Gasteiger partial charge in [0, 0.05) is 16.1 Å². The first-order valence-electron chi connectivity index (χ1n) is 11.2. The van der Waals surface area contributed by atoms with E-state index in [2.05, 4.69) is 25.1 Å². The van der Waals surface area contributed by atoms with Gasteiger partial charge in [-0.1, -0.05) is 13.0 Å². The molecule has 2 aromatic rings. The number of phenolic OH excluding ortho intramolecular Hbond substituents is 1. The van der Waals surface area contributed by atoms with Gasteiger partial charge in [-0.05, 0) is 104 Å². The van der Waals surface area contributed by atoms with Crippen LogP contribution in [0.3, 0.4) is 0 Å². The van der Waals surface area contributed by atoms with Crippen LogP contribution < -0.4 is 4.74 Å². The highest BCUT2D eigenvalue weighted by molar-refractivity contribution is 7.99. The first-order chi connectivity index (χ1) is 14.4. The van der Waals surface area contributed by atoms with Crippen molar-refractivity contribution in [3.8, 4) is 11.5 Å². The molecule has 2 N–H and O–H groups in total. The van der Waals surface area contributed by atoms with Crippen molar-refractivity contribution in [1.82, 2.24) is 0 Å². The van der Waals surface area contributed by atoms with E-state index < -0.39 is 5.60 Å². The molecule has 0 spiro atoms. The quantitative estimate of drug-likeness (QED) is 0.611. The molecule has 2 saturated carbocycles. The molecule has 5 rings (SSSR count). The Morgan fingerprint density at radius 2 is 1.87 bits per heavy atom. The summed E-state index contributed by atoms with van der Waals surface area (Å²) >= 11 is 1.73. The van der Waals surface area contributed by atoms with E-state index in [1.807, 2.05) is 12.1 Å². The number of hydrogen-bond acceptors (Lipinski definition) is 4. The third kappa shape index (κ3) is 3.15. The molecular weight excluding hydrogens is 392 g/mol. The van der Waals surface area contributed by atoms with Gasteiger partial charge in [-0.3, -0.25) is 0 Å². The molecule has 0 aliphatic heterocycles. The molecule has 0 heterocycles. The van der Waals surface area contributed by atoms with E-state index in [4.69, 9.17) is 4.74 Å². The maximum Gasteiger partial charge on any atom is 0.119 e. The molecule has 0 unspecified atom stereocenters. The van der Waals surface area contributed by atoms with Crippen LogP contribution in [0.25, 0.3) is 0 Å². The van der Waals surface area contributed by atoms with Crippen LogP contribution in [0.5, 0.6) is 11.5 Å². The Hall–Kier alpha value is -1.65. The number of phenols is 1. The summed E-state index contributed by atoms with van der Waals surface area (Å²) in [4.78, 5) is 1.11. The van der Waals surface area contributed by atoms with Crippen molar-refractivity contribution in [2.75, 3.05) is 12.9 Å². The highest BCUT2D eigenvalue weighted by Crippen LogP contribution is 2.65. The number of aromatic hydroxyl groups is 1. The van der Waals surface area contributed by atoms with Gasteiger partial charge in [0.1, 0.15) is 11.5 Å². The fourth-order valence-corrected chi connectivity index (χ4v) is 7.99. The lowest BCUT2D eigenvalue weighted by molar-refractivity contribution is -0.0868. The van der Waals surface area contributed by atoms with Crippen LogP contribution in [0.4, 0.5) is 0 Å². The second-order valence-electron chi connectivity index (χ2n) is 9.79. The number of aryl methyl sites for hydroxylation is 1. The van der Waals surface area contributed by atoms with Crippen LogP contribution in [-0.2, 0) is 6.42 Å². The molecule has 3 aliphatic carbocycles. The Kier molecular flexibility index (Phi) is 5.06. The molecule has 0 saturated heterocycles. The number of ether oxygens (including phenoxy) is 1. The van der Waals surface area contributed by atoms with Gasteiger partial charge >= 0.3 is 0 Å². The molecule has 3 aliphatic rings. The number of hydrogen-bond donors (Lipinski definition) is 2. The minimum absolute atomic E-state index is 0.0118. The summed E-state index contributed by atoms with van der Waals surface area (Å²) in [5, 5.41) is 21.4. The number of benzene rings is 2. The van der Waals surface area contributed by atoms with E-state index in [1.165, 1.54) is 24.0 Å². The fraction of sp³-hybridized carbons (Fsp3) is 0.538. The zero-order valence-electron chi connectivity index (χ0n) is 17.9. The fourth-order valence-electron chi connectivity index (χ4n) is 6.78. The van der Waals surface area contributed by atoms with Crippen LogP contribution in [0, 0.1) is 17.3 Å². The van der Waals surface area contributed by atoms with Crippen LogP contribution in [-0.4, -0.2) is 28.7 Å². The van der Waals surface area contributed by atoms with Gasteiger partial charge in [-0.25, -0.2) is 0 Å². The van der Waals surface area contributed by atoms with Gasteiger partial charge < -0.3 is 14.9 Å². The summed E-state index contributed by atoms with van der Waals surface area (Å²) in [6.45, 7) is 2.36. The molecule has 4 heteroatoms. The molecule has 160 valence electrons. The summed E-state index contributed by atoms with van der Waals surface area (Å²) in [5.74, 6) is 3.89. The van der Waals surface area contributed by atoms with Gasteiger partial charge in [0.15, 0.2) is 0 Å². The summed E-state index contributed by atoms with van der Waals surface area (Å²) in [6, 6.07) is 14.0. The van der Waals surface area contributed by atoms with E-state index >= 15 is 0 Å². The lowest BCUT2D eigenvalue weighted by Crippen LogP contribution is -2.52. The number of fused-ring (bicyclic) bond motifs is 5. The highest BCUT2D eigenvalue weighted by Gasteiger charge is 2.61. The molecule has 2 fully saturated rings. The maximum absolute atomic E-state index is 11.8. The lowest BCUT2D eigenvalue weighted by Gasteiger charge is -2.53. The number of rotatable bonds is 4. The largest absolute Gasteiger partial charge is 0.508 e. The minimum Gasteiger partial charge on any atom is -0.508 e. The van der Waals surface area contributed by atoms with Crippen LogP contribution in [0.1, 0.15) is 56.1 Å². The van der Waals surface area contributed by atoms with Crippen molar-refractivity contribution < 1.29 is 14.9 Å². The van der Waals surface area contributed by atoms with Gasteiger partial charge in [-0.15, -0.1) is 11.8 Å². The molecule has 0 aromatic heterocycles. The third-order valence-electron chi connectivity index (χ3n) is 8.57. The summed E-state index contributed by atoms with van der Waals surface area (Å²) in [5.41, 5.74) is 2.37. The van der Waals surface area contributed by atoms with E-state index in [1.54, 1.807) is 31.0 Å². The Labute approximate surface area is 183 Å². The number of methoxy groups -OCH3 is 1. The van der Waals surface area contributed by atoms with Crippen molar-refractivity contribution in [3.63, 3.8) is 0 Å². The number of thioether (sulfide) groups is 1. The molecule has 30 heavy (non-hydrogen) atoms. The second kappa shape index (κ2) is 7.49. The van der Waals surface area contributed by atoms with Crippen molar-refractivity contribution in [1.29, 1.82) is 0 Å². The van der Waals surface area contributed by atoms with E-state index in [9.17, 15) is 10.2 Å². The predicted octanol–water partition coefficient (Wildman–Crippen LogP) is 5.78. The van der Waals surface area contributed by atoms with Crippen LogP contribution >= 0.6 is 11.8 Å². The topological polar surface area (TPSA) is 49.7 Å². The first kappa shape index (κ1) is 20.3. The molecule has 2 aromatic carbocycles. The molecule has 0 amide bonds. The lowest BCUT2D eigenvalue weighted by atomic mass is 9.53. The number of aliphatic hydroxyl groups is 1. The maximum atomic E-state index is 11.8. The molecular formula is C26H32O3S. The predicted molar refractivity (Wildman–Crippen MR) is 121 cm³/mol. The standard InChI is InChI=1S/C26H32O3S/c1-25-13-11-22-21-10-6-19(29-2)15-17(21)3-9-23(22)24(25)12-14-26(25,28)16-30-20-7-4-18(27)5-8-20/h4-8,10,15,22-24,27-28H,3,9,11-14,16H2,1-2H3/t22-,23-,24+,25+,26-/m1/s1. The zero-order valence-corrected chi connectivity index (χ0v) is 18.8. The van der Waals surface area contributed by atoms with Crippen LogP contribution in [0.2, 0.25) is 0 Å². The Morgan fingerprint density at radius 3 is 2.63 bits per heavy atom. The monoisotopic (exact) mass is 424 g/mol. The van der Waals surface area contributed by atoms with Crippen molar-refractivity contribution in [3.05, 3.63) is 53.6 Å². The molecule has 0 bridgehead atoms. The molecule has 3 nitrogen and oxygen atoms in total. The smallest absolute Gasteiger partial charge is 0.119 e. The van der Waals surface area contributed by atoms with Crippen molar-refractivity contribution in [2.24, 2.45) is 17.3 Å². The summed E-state index contributed by atoms with van der Waals surface area (Å²) in [6.07, 6.45) is 6.65. The Balaban J connectivity index is 1.36. The highest BCUT2D eigenvalue weighted by atomic mass is 32.2. The molecule has 5 atom stereocenters. The average molecular weight is 425 g/mol. The van der Waals surface area contributed by atoms with Crippen molar-refractivity contribution >= 4 is 11.8 Å². The van der Waals surface area contributed by atoms with Crippen LogP contribution in [0.15, 0.2) is 47.4 Å². The second-order valence-corrected chi connectivity index (χ2v) is 10.8. The normalized spacial score (nSPS) is 34.7. The third-order valence-corrected chi connectivity index (χ3v) is 9.80. The zero-order chi connectivity index (χ0) is 20.9. The molecule has 0 radical (unpaired) electrons. The van der Waals surface area contributed by atoms with E-state index in [0.717, 1.165) is 42.1 Å². The van der Waals surface area contributed by atoms with Gasteiger partial charge in [-0.2, -0.15) is 0 Å². The first-order valence-corrected chi connectivity index (χ1v) is 12.2. The summed E-state index contributed by atoms with van der Waals surface area (Å²) in [7, 11) is 1.74. The van der Waals surface area contributed by atoms with E-state index in [-0.39, 0.29) is 5.41 Å². The van der Waals surface area contributed by atoms with Crippen molar-refractivity contribution in [2.45, 2.75) is 61.9 Å². The Morgan fingerprint density at radius 1 is 1.07 bits per heavy atom. The van der Waals surface area contributed by atoms with Gasteiger partial charge in [0.2, 0.25) is 0 Å². The summed E-state index contributed by atoms with van der Waals surface area (Å²) < 4.78 is 5.45. The SMILES string of the molecule is COc1ccc2c(c1)CC[C@@H]1[C@@H]2CC[C@@]2(C)[C@H]1CC[C@@]2(O)CSc1ccc(O)cc1. The van der Waals surface area contributed by atoms with E-state index in [0.29, 0.717) is 23.5 Å². The Bertz CT molecular complexity index is 926. The van der Waals surface area contributed by atoms with Gasteiger partial charge in [0.25, 0.3) is 0 Å². The minimum atomic E-state index is -0.620. The van der Waals surface area contributed by atoms with Gasteiger partial charge in [0.05, 0.1) is 12.7 Å².